The van der Waals surface area contributed by atoms with Crippen molar-refractivity contribution in [3.8, 4) is 0 Å². The van der Waals surface area contributed by atoms with E-state index in [1.807, 2.05) is 0 Å². The molecule has 5 heteroatoms. The molecule has 0 aliphatic rings. The molecule has 1 aromatic rings. The summed E-state index contributed by atoms with van der Waals surface area (Å²) in [4.78, 5) is 10.6. The van der Waals surface area contributed by atoms with E-state index in [2.05, 4.69) is 0 Å². The largest absolute Gasteiger partial charge is 0.453 e. The van der Waals surface area contributed by atoms with Gasteiger partial charge in [-0.2, -0.15) is 20.1 Å². The van der Waals surface area contributed by atoms with Crippen LogP contribution in [0, 0.1) is 0 Å². The molecule has 2 nitrogen and oxygen atoms in total. The van der Waals surface area contributed by atoms with Gasteiger partial charge in [-0.25, -0.2) is 0 Å². The van der Waals surface area contributed by atoms with Crippen LogP contribution < -0.4 is 0 Å². The summed E-state index contributed by atoms with van der Waals surface area (Å²) >= 11 is 1.36. The standard InChI is InChI=1S/C9H8F2O2S/c1-6(12)13-8(4-9(10)11)7-2-3-14-5-7/h2-5,8H,1H3. The lowest BCUT2D eigenvalue weighted by Crippen LogP contribution is -2.05. The van der Waals surface area contributed by atoms with Gasteiger partial charge in [0.15, 0.2) is 6.10 Å². The zero-order valence-corrected chi connectivity index (χ0v) is 8.18. The molecule has 1 atom stereocenters. The highest BCUT2D eigenvalue weighted by Gasteiger charge is 2.13. The monoisotopic (exact) mass is 218 g/mol. The van der Waals surface area contributed by atoms with Gasteiger partial charge in [0.05, 0.1) is 0 Å². The number of esters is 1. The minimum absolute atomic E-state index is 0.554. The third-order valence-corrected chi connectivity index (χ3v) is 2.14. The van der Waals surface area contributed by atoms with Crippen molar-refractivity contribution in [2.45, 2.75) is 13.0 Å². The van der Waals surface area contributed by atoms with Gasteiger partial charge in [-0.05, 0) is 16.8 Å². The van der Waals surface area contributed by atoms with Crippen LogP contribution in [0.2, 0.25) is 0 Å². The quantitative estimate of drug-likeness (QED) is 0.728. The highest BCUT2D eigenvalue weighted by atomic mass is 32.1. The predicted molar refractivity (Wildman–Crippen MR) is 49.1 cm³/mol. The second-order valence-corrected chi connectivity index (χ2v) is 3.32. The van der Waals surface area contributed by atoms with Gasteiger partial charge in [0.25, 0.3) is 6.08 Å². The van der Waals surface area contributed by atoms with Gasteiger partial charge < -0.3 is 4.74 Å². The van der Waals surface area contributed by atoms with E-state index in [4.69, 9.17) is 4.74 Å². The van der Waals surface area contributed by atoms with E-state index < -0.39 is 18.2 Å². The predicted octanol–water partition coefficient (Wildman–Crippen LogP) is 3.13. The van der Waals surface area contributed by atoms with Crippen molar-refractivity contribution in [3.63, 3.8) is 0 Å². The summed E-state index contributed by atoms with van der Waals surface area (Å²) in [5.74, 6) is -0.585. The van der Waals surface area contributed by atoms with Crippen LogP contribution in [0.25, 0.3) is 0 Å². The number of carbonyl (C=O) groups excluding carboxylic acids is 1. The highest BCUT2D eigenvalue weighted by molar-refractivity contribution is 7.07. The fourth-order valence-corrected chi connectivity index (χ4v) is 1.61. The Morgan fingerprint density at radius 2 is 2.36 bits per heavy atom. The number of hydrogen-bond donors (Lipinski definition) is 0. The molecular formula is C9H8F2O2S. The number of rotatable bonds is 3. The lowest BCUT2D eigenvalue weighted by Gasteiger charge is -2.10. The molecule has 1 rings (SSSR count). The summed E-state index contributed by atoms with van der Waals surface area (Å²) in [6.07, 6.45) is -2.23. The Bertz CT molecular complexity index is 329. The molecule has 0 radical (unpaired) electrons. The molecule has 1 heterocycles. The molecule has 0 fully saturated rings. The van der Waals surface area contributed by atoms with Gasteiger partial charge in [-0.1, -0.05) is 0 Å². The van der Waals surface area contributed by atoms with E-state index in [0.29, 0.717) is 11.6 Å². The summed E-state index contributed by atoms with van der Waals surface area (Å²) in [6.45, 7) is 1.18. The molecule has 0 aliphatic heterocycles. The summed E-state index contributed by atoms with van der Waals surface area (Å²) in [5, 5.41) is 3.39. The number of hydrogen-bond acceptors (Lipinski definition) is 3. The van der Waals surface area contributed by atoms with E-state index in [1.54, 1.807) is 16.8 Å². The Kier molecular flexibility index (Phi) is 3.76. The maximum atomic E-state index is 12.0. The van der Waals surface area contributed by atoms with Crippen molar-refractivity contribution in [1.82, 2.24) is 0 Å². The first kappa shape index (κ1) is 10.8. The molecule has 1 aromatic heterocycles. The molecule has 0 N–H and O–H groups in total. The minimum atomic E-state index is -1.86. The Morgan fingerprint density at radius 3 is 2.79 bits per heavy atom. The number of thiophene rings is 1. The first-order valence-electron chi connectivity index (χ1n) is 3.81. The molecule has 0 saturated carbocycles. The van der Waals surface area contributed by atoms with E-state index in [0.717, 1.165) is 0 Å². The Labute approximate surface area is 83.8 Å². The minimum Gasteiger partial charge on any atom is -0.453 e. The third-order valence-electron chi connectivity index (χ3n) is 1.44. The number of ether oxygens (including phenoxy) is 1. The van der Waals surface area contributed by atoms with Gasteiger partial charge >= 0.3 is 5.97 Å². The lowest BCUT2D eigenvalue weighted by molar-refractivity contribution is -0.144. The maximum absolute atomic E-state index is 12.0. The Morgan fingerprint density at radius 1 is 1.64 bits per heavy atom. The van der Waals surface area contributed by atoms with Crippen LogP contribution in [0.4, 0.5) is 8.78 Å². The van der Waals surface area contributed by atoms with Crippen molar-refractivity contribution in [2.75, 3.05) is 0 Å². The van der Waals surface area contributed by atoms with Crippen molar-refractivity contribution >= 4 is 17.3 Å². The molecule has 0 bridgehead atoms. The fraction of sp³-hybridized carbons (Fsp3) is 0.222. The van der Waals surface area contributed by atoms with Crippen LogP contribution in [0.5, 0.6) is 0 Å². The maximum Gasteiger partial charge on any atom is 0.303 e. The van der Waals surface area contributed by atoms with Crippen LogP contribution in [-0.4, -0.2) is 5.97 Å². The smallest absolute Gasteiger partial charge is 0.303 e. The first-order valence-corrected chi connectivity index (χ1v) is 4.76. The molecule has 1 unspecified atom stereocenters. The summed E-state index contributed by atoms with van der Waals surface area (Å²) in [5.41, 5.74) is 0.554. The average Bonchev–Trinajstić information content (AvgIpc) is 2.52. The molecule has 14 heavy (non-hydrogen) atoms. The highest BCUT2D eigenvalue weighted by Crippen LogP contribution is 2.23. The molecular weight excluding hydrogens is 210 g/mol. The number of halogens is 2. The zero-order valence-electron chi connectivity index (χ0n) is 7.37. The molecule has 0 amide bonds. The van der Waals surface area contributed by atoms with Gasteiger partial charge in [-0.3, -0.25) is 4.79 Å². The van der Waals surface area contributed by atoms with Gasteiger partial charge in [-0.15, -0.1) is 0 Å². The molecule has 0 saturated heterocycles. The van der Waals surface area contributed by atoms with Crippen molar-refractivity contribution in [3.05, 3.63) is 34.5 Å². The molecule has 0 aromatic carbocycles. The van der Waals surface area contributed by atoms with Crippen LogP contribution >= 0.6 is 11.3 Å². The summed E-state index contributed by atoms with van der Waals surface area (Å²) in [7, 11) is 0. The molecule has 76 valence electrons. The zero-order chi connectivity index (χ0) is 10.6. The fourth-order valence-electron chi connectivity index (χ4n) is 0.928. The summed E-state index contributed by atoms with van der Waals surface area (Å²) < 4.78 is 28.7. The number of carbonyl (C=O) groups is 1. The van der Waals surface area contributed by atoms with Gasteiger partial charge in [0, 0.05) is 18.6 Å². The van der Waals surface area contributed by atoms with Crippen LogP contribution in [0.1, 0.15) is 18.6 Å². The van der Waals surface area contributed by atoms with Crippen molar-refractivity contribution in [1.29, 1.82) is 0 Å². The van der Waals surface area contributed by atoms with Crippen molar-refractivity contribution in [2.24, 2.45) is 0 Å². The SMILES string of the molecule is CC(=O)OC(C=C(F)F)c1ccsc1. The van der Waals surface area contributed by atoms with E-state index in [1.165, 1.54) is 18.3 Å². The van der Waals surface area contributed by atoms with Crippen LogP contribution in [-0.2, 0) is 9.53 Å². The van der Waals surface area contributed by atoms with Gasteiger partial charge in [0.2, 0.25) is 0 Å². The average molecular weight is 218 g/mol. The lowest BCUT2D eigenvalue weighted by atomic mass is 10.2. The second kappa shape index (κ2) is 4.85. The first-order chi connectivity index (χ1) is 6.59. The summed E-state index contributed by atoms with van der Waals surface area (Å²) in [6, 6.07) is 1.64. The van der Waals surface area contributed by atoms with E-state index in [-0.39, 0.29) is 0 Å². The van der Waals surface area contributed by atoms with Crippen molar-refractivity contribution < 1.29 is 18.3 Å². The molecule has 0 aliphatic carbocycles. The Balaban J connectivity index is 2.83. The van der Waals surface area contributed by atoms with Crippen LogP contribution in [0.3, 0.4) is 0 Å². The topological polar surface area (TPSA) is 26.3 Å². The van der Waals surface area contributed by atoms with Gasteiger partial charge in [0.1, 0.15) is 0 Å². The van der Waals surface area contributed by atoms with Crippen LogP contribution in [0.15, 0.2) is 29.0 Å². The second-order valence-electron chi connectivity index (χ2n) is 2.54. The Hall–Kier alpha value is -1.23. The molecule has 0 spiro atoms. The third kappa shape index (κ3) is 3.26. The van der Waals surface area contributed by atoms with E-state index in [9.17, 15) is 13.6 Å². The normalized spacial score (nSPS) is 11.9. The van der Waals surface area contributed by atoms with E-state index >= 15 is 0 Å².